The summed E-state index contributed by atoms with van der Waals surface area (Å²) in [5.41, 5.74) is 1.01. The van der Waals surface area contributed by atoms with E-state index in [4.69, 9.17) is 5.90 Å². The number of hydrogen-bond donors (Lipinski definition) is 1. The average Bonchev–Trinajstić information content (AvgIpc) is 2.04. The number of nitrogens with zero attached hydrogens (tertiary/aromatic N) is 1. The van der Waals surface area contributed by atoms with Crippen molar-refractivity contribution < 1.29 is 9.63 Å². The topological polar surface area (TPSA) is 65.2 Å². The van der Waals surface area contributed by atoms with Crippen LogP contribution in [-0.2, 0) is 4.84 Å². The van der Waals surface area contributed by atoms with Crippen molar-refractivity contribution in [2.45, 2.75) is 6.92 Å². The van der Waals surface area contributed by atoms with E-state index < -0.39 is 5.97 Å². The molecule has 0 atom stereocenters. The minimum absolute atomic E-state index is 0.398. The van der Waals surface area contributed by atoms with Crippen LogP contribution in [0.3, 0.4) is 0 Å². The van der Waals surface area contributed by atoms with Crippen LogP contribution >= 0.6 is 0 Å². The zero-order valence-electron chi connectivity index (χ0n) is 6.07. The molecule has 0 unspecified atom stereocenters. The van der Waals surface area contributed by atoms with Crippen LogP contribution in [-0.4, -0.2) is 11.0 Å². The molecular formula is C7H8N2O2. The lowest BCUT2D eigenvalue weighted by atomic mass is 10.2. The first-order chi connectivity index (χ1) is 5.25. The summed E-state index contributed by atoms with van der Waals surface area (Å²) in [5.74, 6) is 4.14. The van der Waals surface area contributed by atoms with Gasteiger partial charge in [0.05, 0.1) is 11.3 Å². The van der Waals surface area contributed by atoms with Crippen molar-refractivity contribution in [3.05, 3.63) is 29.6 Å². The lowest BCUT2D eigenvalue weighted by Crippen LogP contribution is -2.11. The smallest absolute Gasteiger partial charge is 0.358 e. The van der Waals surface area contributed by atoms with Gasteiger partial charge in [0.25, 0.3) is 0 Å². The third-order valence-corrected chi connectivity index (χ3v) is 1.33. The Morgan fingerprint density at radius 3 is 3.00 bits per heavy atom. The number of pyridine rings is 1. The van der Waals surface area contributed by atoms with E-state index in [0.29, 0.717) is 11.3 Å². The highest BCUT2D eigenvalue weighted by Gasteiger charge is 2.08. The molecule has 0 aliphatic carbocycles. The largest absolute Gasteiger partial charge is 0.370 e. The van der Waals surface area contributed by atoms with Crippen molar-refractivity contribution in [2.75, 3.05) is 0 Å². The summed E-state index contributed by atoms with van der Waals surface area (Å²) >= 11 is 0. The molecule has 0 saturated carbocycles. The second-order valence-electron chi connectivity index (χ2n) is 2.04. The van der Waals surface area contributed by atoms with Crippen LogP contribution in [0.1, 0.15) is 16.1 Å². The Balaban J connectivity index is 3.03. The lowest BCUT2D eigenvalue weighted by Gasteiger charge is -1.99. The van der Waals surface area contributed by atoms with Gasteiger partial charge in [-0.1, -0.05) is 0 Å². The molecule has 11 heavy (non-hydrogen) atoms. The molecule has 1 heterocycles. The first-order valence-electron chi connectivity index (χ1n) is 3.08. The summed E-state index contributed by atoms with van der Waals surface area (Å²) in [6.45, 7) is 1.71. The highest BCUT2D eigenvalue weighted by atomic mass is 16.7. The van der Waals surface area contributed by atoms with E-state index in [1.807, 2.05) is 0 Å². The first kappa shape index (κ1) is 7.68. The Labute approximate surface area is 63.9 Å². The van der Waals surface area contributed by atoms with E-state index in [0.717, 1.165) is 0 Å². The van der Waals surface area contributed by atoms with Crippen LogP contribution in [0.5, 0.6) is 0 Å². The molecule has 0 amide bonds. The maximum absolute atomic E-state index is 10.8. The molecule has 1 aromatic heterocycles. The van der Waals surface area contributed by atoms with Gasteiger partial charge in [0.1, 0.15) is 0 Å². The Bertz CT molecular complexity index is 273. The quantitative estimate of drug-likeness (QED) is 0.592. The fourth-order valence-corrected chi connectivity index (χ4v) is 0.763. The normalized spacial score (nSPS) is 9.27. The molecule has 0 radical (unpaired) electrons. The van der Waals surface area contributed by atoms with E-state index in [2.05, 4.69) is 9.82 Å². The van der Waals surface area contributed by atoms with Crippen LogP contribution in [0.4, 0.5) is 0 Å². The fourth-order valence-electron chi connectivity index (χ4n) is 0.763. The molecule has 0 fully saturated rings. The number of nitrogens with two attached hydrogens (primary N) is 1. The van der Waals surface area contributed by atoms with Crippen molar-refractivity contribution in [1.82, 2.24) is 4.98 Å². The third kappa shape index (κ3) is 1.53. The molecule has 0 aliphatic heterocycles. The SMILES string of the molecule is Cc1ncccc1C(=O)ON. The molecule has 1 rings (SSSR count). The molecule has 0 aliphatic rings. The van der Waals surface area contributed by atoms with Gasteiger partial charge in [0, 0.05) is 6.20 Å². The zero-order chi connectivity index (χ0) is 8.27. The van der Waals surface area contributed by atoms with E-state index >= 15 is 0 Å². The lowest BCUT2D eigenvalue weighted by molar-refractivity contribution is 0.0502. The van der Waals surface area contributed by atoms with E-state index in [1.165, 1.54) is 0 Å². The minimum atomic E-state index is -0.560. The summed E-state index contributed by atoms with van der Waals surface area (Å²) in [6, 6.07) is 3.26. The second-order valence-corrected chi connectivity index (χ2v) is 2.04. The third-order valence-electron chi connectivity index (χ3n) is 1.33. The molecule has 0 aromatic carbocycles. The van der Waals surface area contributed by atoms with Gasteiger partial charge in [-0.05, 0) is 19.1 Å². The number of carbonyl (C=O) groups excluding carboxylic acids is 1. The Kier molecular flexibility index (Phi) is 2.18. The Morgan fingerprint density at radius 1 is 1.73 bits per heavy atom. The number of rotatable bonds is 1. The predicted molar refractivity (Wildman–Crippen MR) is 38.6 cm³/mol. The minimum Gasteiger partial charge on any atom is -0.370 e. The fraction of sp³-hybridized carbons (Fsp3) is 0.143. The standard InChI is InChI=1S/C7H8N2O2/c1-5-6(7(10)11-8)3-2-4-9-5/h2-4H,8H2,1H3. The molecule has 0 bridgehead atoms. The highest BCUT2D eigenvalue weighted by Crippen LogP contribution is 2.03. The number of aromatic nitrogens is 1. The van der Waals surface area contributed by atoms with Crippen molar-refractivity contribution in [3.8, 4) is 0 Å². The summed E-state index contributed by atoms with van der Waals surface area (Å²) in [5, 5.41) is 0. The molecule has 2 N–H and O–H groups in total. The number of hydrogen-bond acceptors (Lipinski definition) is 4. The predicted octanol–water partition coefficient (Wildman–Crippen LogP) is 0.421. The van der Waals surface area contributed by atoms with Crippen molar-refractivity contribution >= 4 is 5.97 Å². The first-order valence-corrected chi connectivity index (χ1v) is 3.08. The van der Waals surface area contributed by atoms with Crippen LogP contribution in [0, 0.1) is 6.92 Å². The number of carbonyl (C=O) groups is 1. The highest BCUT2D eigenvalue weighted by molar-refractivity contribution is 5.90. The van der Waals surface area contributed by atoms with Crippen molar-refractivity contribution in [3.63, 3.8) is 0 Å². The maximum atomic E-state index is 10.8. The molecule has 4 heteroatoms. The summed E-state index contributed by atoms with van der Waals surface area (Å²) in [7, 11) is 0. The molecule has 0 spiro atoms. The van der Waals surface area contributed by atoms with Crippen molar-refractivity contribution in [2.24, 2.45) is 5.90 Å². The van der Waals surface area contributed by atoms with Gasteiger partial charge in [-0.2, -0.15) is 5.90 Å². The van der Waals surface area contributed by atoms with E-state index in [1.54, 1.807) is 25.3 Å². The van der Waals surface area contributed by atoms with Crippen LogP contribution < -0.4 is 5.90 Å². The van der Waals surface area contributed by atoms with Crippen molar-refractivity contribution in [1.29, 1.82) is 0 Å². The van der Waals surface area contributed by atoms with E-state index in [9.17, 15) is 4.79 Å². The van der Waals surface area contributed by atoms with Gasteiger partial charge in [-0.25, -0.2) is 4.79 Å². The second kappa shape index (κ2) is 3.12. The number of aryl methyl sites for hydroxylation is 1. The van der Waals surface area contributed by atoms with Crippen LogP contribution in [0.2, 0.25) is 0 Å². The van der Waals surface area contributed by atoms with E-state index in [-0.39, 0.29) is 0 Å². The summed E-state index contributed by atoms with van der Waals surface area (Å²) in [6.07, 6.45) is 1.60. The molecule has 0 saturated heterocycles. The summed E-state index contributed by atoms with van der Waals surface area (Å²) < 4.78 is 0. The Hall–Kier alpha value is -1.42. The van der Waals surface area contributed by atoms with Gasteiger partial charge in [-0.15, -0.1) is 0 Å². The molecule has 58 valence electrons. The molecule has 4 nitrogen and oxygen atoms in total. The molecular weight excluding hydrogens is 144 g/mol. The Morgan fingerprint density at radius 2 is 2.45 bits per heavy atom. The monoisotopic (exact) mass is 152 g/mol. The van der Waals surface area contributed by atoms with Crippen LogP contribution in [0.25, 0.3) is 0 Å². The van der Waals surface area contributed by atoms with Gasteiger partial charge >= 0.3 is 5.97 Å². The maximum Gasteiger partial charge on any atom is 0.358 e. The van der Waals surface area contributed by atoms with Crippen LogP contribution in [0.15, 0.2) is 18.3 Å². The van der Waals surface area contributed by atoms with Gasteiger partial charge in [-0.3, -0.25) is 4.98 Å². The van der Waals surface area contributed by atoms with Gasteiger partial charge < -0.3 is 4.84 Å². The van der Waals surface area contributed by atoms with Gasteiger partial charge in [0.2, 0.25) is 0 Å². The molecule has 1 aromatic rings. The zero-order valence-corrected chi connectivity index (χ0v) is 6.07. The average molecular weight is 152 g/mol. The summed E-state index contributed by atoms with van der Waals surface area (Å²) in [4.78, 5) is 18.8. The van der Waals surface area contributed by atoms with Gasteiger partial charge in [0.15, 0.2) is 0 Å².